The molecule has 1 aromatic rings. The Labute approximate surface area is 89.0 Å². The summed E-state index contributed by atoms with van der Waals surface area (Å²) in [4.78, 5) is 10.6. The zero-order valence-electron chi connectivity index (χ0n) is 8.64. The van der Waals surface area contributed by atoms with E-state index in [4.69, 9.17) is 9.84 Å². The van der Waals surface area contributed by atoms with Crippen molar-refractivity contribution in [2.24, 2.45) is 0 Å². The molecule has 0 saturated carbocycles. The molecule has 3 heteroatoms. The van der Waals surface area contributed by atoms with Crippen LogP contribution in [0.4, 0.5) is 0 Å². The Hall–Kier alpha value is -1.77. The third-order valence-corrected chi connectivity index (χ3v) is 1.91. The third-order valence-electron chi connectivity index (χ3n) is 1.91. The molecule has 3 nitrogen and oxygen atoms in total. The monoisotopic (exact) mass is 206 g/mol. The lowest BCUT2D eigenvalue weighted by molar-refractivity contribution is 0.0697. The first kappa shape index (κ1) is 11.3. The van der Waals surface area contributed by atoms with E-state index in [0.717, 1.165) is 12.0 Å². The number of rotatable bonds is 5. The molecule has 1 rings (SSSR count). The highest BCUT2D eigenvalue weighted by molar-refractivity contribution is 5.87. The maximum absolute atomic E-state index is 10.6. The van der Waals surface area contributed by atoms with E-state index in [1.54, 1.807) is 30.5 Å². The van der Waals surface area contributed by atoms with Crippen molar-refractivity contribution >= 4 is 5.97 Å². The van der Waals surface area contributed by atoms with Crippen LogP contribution in [0.3, 0.4) is 0 Å². The van der Waals surface area contributed by atoms with Crippen molar-refractivity contribution < 1.29 is 14.6 Å². The molecule has 0 aliphatic rings. The fourth-order valence-electron chi connectivity index (χ4n) is 1.13. The highest BCUT2D eigenvalue weighted by atomic mass is 16.5. The van der Waals surface area contributed by atoms with Crippen LogP contribution >= 0.6 is 0 Å². The lowest BCUT2D eigenvalue weighted by atomic mass is 10.1. The molecule has 80 valence electrons. The molecular weight excluding hydrogens is 192 g/mol. The van der Waals surface area contributed by atoms with E-state index in [1.165, 1.54) is 0 Å². The normalized spacial score (nSPS) is 10.5. The Morgan fingerprint density at radius 2 is 2.07 bits per heavy atom. The molecule has 0 aliphatic heterocycles. The molecule has 0 radical (unpaired) electrons. The summed E-state index contributed by atoms with van der Waals surface area (Å²) in [5.41, 5.74) is 1.38. The Morgan fingerprint density at radius 3 is 2.60 bits per heavy atom. The minimum atomic E-state index is -0.897. The molecule has 1 aromatic carbocycles. The molecule has 0 unspecified atom stereocenters. The van der Waals surface area contributed by atoms with Gasteiger partial charge in [-0.25, -0.2) is 4.79 Å². The minimum absolute atomic E-state index is 0.313. The van der Waals surface area contributed by atoms with Gasteiger partial charge in [0, 0.05) is 0 Å². The van der Waals surface area contributed by atoms with Gasteiger partial charge in [-0.3, -0.25) is 0 Å². The smallest absolute Gasteiger partial charge is 0.335 e. The van der Waals surface area contributed by atoms with Gasteiger partial charge in [0.25, 0.3) is 0 Å². The largest absolute Gasteiger partial charge is 0.502 e. The van der Waals surface area contributed by atoms with Gasteiger partial charge < -0.3 is 9.84 Å². The summed E-state index contributed by atoms with van der Waals surface area (Å²) >= 11 is 0. The van der Waals surface area contributed by atoms with Crippen molar-refractivity contribution in [1.82, 2.24) is 0 Å². The Balaban J connectivity index is 2.53. The lowest BCUT2D eigenvalue weighted by Crippen LogP contribution is -1.95. The molecule has 1 N–H and O–H groups in total. The van der Waals surface area contributed by atoms with Crippen LogP contribution in [0.5, 0.6) is 0 Å². The molecular formula is C12H14O3. The molecule has 0 atom stereocenters. The van der Waals surface area contributed by atoms with Crippen LogP contribution in [0.1, 0.15) is 22.8 Å². The zero-order chi connectivity index (χ0) is 11.1. The van der Waals surface area contributed by atoms with Gasteiger partial charge in [0.1, 0.15) is 0 Å². The van der Waals surface area contributed by atoms with Crippen LogP contribution in [0.25, 0.3) is 0 Å². The van der Waals surface area contributed by atoms with Gasteiger partial charge in [-0.05, 0) is 37.1 Å². The summed E-state index contributed by atoms with van der Waals surface area (Å²) in [5, 5.41) is 8.69. The number of hydrogen-bond donors (Lipinski definition) is 1. The van der Waals surface area contributed by atoms with Gasteiger partial charge in [-0.2, -0.15) is 0 Å². The highest BCUT2D eigenvalue weighted by Gasteiger charge is 2.00. The fraction of sp³-hybridized carbons (Fsp3) is 0.250. The van der Waals surface area contributed by atoms with E-state index in [9.17, 15) is 4.79 Å². The van der Waals surface area contributed by atoms with Crippen molar-refractivity contribution in [2.45, 2.75) is 13.3 Å². The lowest BCUT2D eigenvalue weighted by Gasteiger charge is -1.98. The molecule has 0 bridgehead atoms. The van der Waals surface area contributed by atoms with Crippen molar-refractivity contribution in [2.75, 3.05) is 6.61 Å². The Morgan fingerprint density at radius 1 is 1.40 bits per heavy atom. The molecule has 0 amide bonds. The highest BCUT2D eigenvalue weighted by Crippen LogP contribution is 2.05. The molecule has 0 heterocycles. The summed E-state index contributed by atoms with van der Waals surface area (Å²) in [7, 11) is 0. The Kier molecular flexibility index (Phi) is 4.41. The van der Waals surface area contributed by atoms with Gasteiger partial charge in [-0.15, -0.1) is 0 Å². The Bertz CT molecular complexity index is 338. The van der Waals surface area contributed by atoms with Gasteiger partial charge in [-0.1, -0.05) is 12.1 Å². The molecule has 0 aliphatic carbocycles. The van der Waals surface area contributed by atoms with Crippen LogP contribution in [0, 0.1) is 0 Å². The van der Waals surface area contributed by atoms with Crippen LogP contribution in [-0.2, 0) is 11.2 Å². The fourth-order valence-corrected chi connectivity index (χ4v) is 1.13. The van der Waals surface area contributed by atoms with Crippen LogP contribution in [0.2, 0.25) is 0 Å². The van der Waals surface area contributed by atoms with Gasteiger partial charge in [0.05, 0.1) is 18.4 Å². The first-order valence-corrected chi connectivity index (χ1v) is 4.83. The van der Waals surface area contributed by atoms with E-state index in [2.05, 4.69) is 0 Å². The molecule has 0 spiro atoms. The van der Waals surface area contributed by atoms with Crippen LogP contribution in [0.15, 0.2) is 36.6 Å². The van der Waals surface area contributed by atoms with E-state index < -0.39 is 5.97 Å². The number of allylic oxidation sites excluding steroid dienone is 1. The second kappa shape index (κ2) is 5.86. The van der Waals surface area contributed by atoms with E-state index >= 15 is 0 Å². The summed E-state index contributed by atoms with van der Waals surface area (Å²) < 4.78 is 5.04. The number of aromatic carboxylic acids is 1. The van der Waals surface area contributed by atoms with Crippen molar-refractivity contribution in [3.63, 3.8) is 0 Å². The first-order valence-electron chi connectivity index (χ1n) is 4.83. The topological polar surface area (TPSA) is 46.5 Å². The quantitative estimate of drug-likeness (QED) is 0.753. The maximum Gasteiger partial charge on any atom is 0.335 e. The van der Waals surface area contributed by atoms with Gasteiger partial charge >= 0.3 is 5.97 Å². The molecule has 0 aromatic heterocycles. The van der Waals surface area contributed by atoms with E-state index in [-0.39, 0.29) is 0 Å². The van der Waals surface area contributed by atoms with E-state index in [0.29, 0.717) is 12.2 Å². The predicted octanol–water partition coefficient (Wildman–Crippen LogP) is 2.48. The predicted molar refractivity (Wildman–Crippen MR) is 57.9 cm³/mol. The van der Waals surface area contributed by atoms with Crippen LogP contribution in [-0.4, -0.2) is 17.7 Å². The van der Waals surface area contributed by atoms with E-state index in [1.807, 2.05) is 13.0 Å². The number of carboxylic acid groups (broad SMARTS) is 1. The van der Waals surface area contributed by atoms with Crippen LogP contribution < -0.4 is 0 Å². The molecule has 15 heavy (non-hydrogen) atoms. The number of hydrogen-bond acceptors (Lipinski definition) is 2. The van der Waals surface area contributed by atoms with Crippen molar-refractivity contribution in [3.05, 3.63) is 47.7 Å². The summed E-state index contributed by atoms with van der Waals surface area (Å²) in [5.74, 6) is -0.897. The second-order valence-corrected chi connectivity index (χ2v) is 3.03. The molecule has 0 saturated heterocycles. The van der Waals surface area contributed by atoms with Crippen molar-refractivity contribution in [1.29, 1.82) is 0 Å². The zero-order valence-corrected chi connectivity index (χ0v) is 8.64. The maximum atomic E-state index is 10.6. The average Bonchev–Trinajstić information content (AvgIpc) is 2.25. The number of ether oxygens (including phenoxy) is 1. The SMILES string of the molecule is CCOC=CCc1ccc(C(=O)O)cc1. The number of benzene rings is 1. The first-order chi connectivity index (χ1) is 7.24. The minimum Gasteiger partial charge on any atom is -0.502 e. The summed E-state index contributed by atoms with van der Waals surface area (Å²) in [6.07, 6.45) is 4.31. The number of carboxylic acids is 1. The van der Waals surface area contributed by atoms with Gasteiger partial charge in [0.15, 0.2) is 0 Å². The van der Waals surface area contributed by atoms with Gasteiger partial charge in [0.2, 0.25) is 0 Å². The summed E-state index contributed by atoms with van der Waals surface area (Å²) in [6.45, 7) is 2.58. The second-order valence-electron chi connectivity index (χ2n) is 3.03. The standard InChI is InChI=1S/C12H14O3/c1-2-15-9-3-4-10-5-7-11(8-6-10)12(13)14/h3,5-9H,2,4H2,1H3,(H,13,14). The summed E-state index contributed by atoms with van der Waals surface area (Å²) in [6, 6.07) is 6.82. The number of carbonyl (C=O) groups is 1. The molecule has 0 fully saturated rings. The van der Waals surface area contributed by atoms with Crippen molar-refractivity contribution in [3.8, 4) is 0 Å². The average molecular weight is 206 g/mol. The third kappa shape index (κ3) is 3.85.